The van der Waals surface area contributed by atoms with Crippen LogP contribution in [0.5, 0.6) is 0 Å². The van der Waals surface area contributed by atoms with E-state index < -0.39 is 11.9 Å². The number of methoxy groups -OCH3 is 1. The number of amides is 1. The van der Waals surface area contributed by atoms with Crippen molar-refractivity contribution in [3.63, 3.8) is 0 Å². The Labute approximate surface area is 108 Å². The van der Waals surface area contributed by atoms with Gasteiger partial charge in [0.2, 0.25) is 11.7 Å². The van der Waals surface area contributed by atoms with Crippen LogP contribution in [-0.4, -0.2) is 24.9 Å². The minimum atomic E-state index is -0.656. The van der Waals surface area contributed by atoms with E-state index in [2.05, 4.69) is 10.1 Å². The fourth-order valence-electron chi connectivity index (χ4n) is 1.58. The zero-order chi connectivity index (χ0) is 13.1. The van der Waals surface area contributed by atoms with Crippen LogP contribution in [-0.2, 0) is 9.53 Å². The van der Waals surface area contributed by atoms with Gasteiger partial charge in [-0.05, 0) is 12.1 Å². The maximum atomic E-state index is 11.6. The van der Waals surface area contributed by atoms with Gasteiger partial charge in [0, 0.05) is 5.39 Å². The first-order valence-electron chi connectivity index (χ1n) is 5.13. The number of furan rings is 1. The molecule has 6 heteroatoms. The van der Waals surface area contributed by atoms with E-state index in [0.717, 1.165) is 0 Å². The number of ether oxygens (including phenoxy) is 1. The van der Waals surface area contributed by atoms with Crippen molar-refractivity contribution in [3.05, 3.63) is 30.0 Å². The molecule has 1 amide bonds. The Bertz CT molecular complexity index is 605. The number of hydrogen-bond acceptors (Lipinski definition) is 4. The molecule has 2 aromatic rings. The fraction of sp³-hybridized carbons (Fsp3) is 0.167. The van der Waals surface area contributed by atoms with Gasteiger partial charge < -0.3 is 14.5 Å². The molecular formula is C12H10ClNO4. The lowest BCUT2D eigenvalue weighted by molar-refractivity contribution is -0.113. The highest BCUT2D eigenvalue weighted by molar-refractivity contribution is 6.29. The van der Waals surface area contributed by atoms with Gasteiger partial charge in [-0.3, -0.25) is 4.79 Å². The third kappa shape index (κ3) is 2.17. The molecule has 0 unspecified atom stereocenters. The molecule has 0 aliphatic heterocycles. The van der Waals surface area contributed by atoms with E-state index in [1.54, 1.807) is 24.3 Å². The summed E-state index contributed by atoms with van der Waals surface area (Å²) in [5.74, 6) is -1.33. The van der Waals surface area contributed by atoms with E-state index in [1.165, 1.54) is 7.11 Å². The van der Waals surface area contributed by atoms with Crippen molar-refractivity contribution < 1.29 is 18.7 Å². The zero-order valence-corrected chi connectivity index (χ0v) is 10.3. The van der Waals surface area contributed by atoms with Gasteiger partial charge in [0.25, 0.3) is 0 Å². The summed E-state index contributed by atoms with van der Waals surface area (Å²) in [6, 6.07) is 6.96. The number of carbonyl (C=O) groups excluding carboxylic acids is 2. The lowest BCUT2D eigenvalue weighted by atomic mass is 10.2. The van der Waals surface area contributed by atoms with Gasteiger partial charge in [-0.25, -0.2) is 4.79 Å². The summed E-state index contributed by atoms with van der Waals surface area (Å²) < 4.78 is 9.97. The van der Waals surface area contributed by atoms with E-state index >= 15 is 0 Å². The minimum Gasteiger partial charge on any atom is -0.463 e. The molecule has 0 bridgehead atoms. The van der Waals surface area contributed by atoms with E-state index in [-0.39, 0.29) is 17.3 Å². The van der Waals surface area contributed by atoms with E-state index in [9.17, 15) is 9.59 Å². The van der Waals surface area contributed by atoms with Crippen LogP contribution < -0.4 is 5.32 Å². The molecule has 1 aromatic heterocycles. The lowest BCUT2D eigenvalue weighted by Crippen LogP contribution is -2.15. The average Bonchev–Trinajstić information content (AvgIpc) is 2.77. The van der Waals surface area contributed by atoms with Crippen LogP contribution in [0.4, 0.5) is 5.69 Å². The number of esters is 1. The first-order chi connectivity index (χ1) is 8.67. The molecule has 0 fully saturated rings. The first-order valence-corrected chi connectivity index (χ1v) is 5.66. The number of rotatable bonds is 3. The molecule has 0 spiro atoms. The number of nitrogens with one attached hydrogen (secondary N) is 1. The molecule has 0 atom stereocenters. The van der Waals surface area contributed by atoms with Gasteiger partial charge in [0.1, 0.15) is 17.2 Å². The Balaban J connectivity index is 2.57. The highest BCUT2D eigenvalue weighted by Crippen LogP contribution is 2.31. The standard InChI is InChI=1S/C12H10ClNO4/c1-17-12(16)11-10(14-9(15)6-13)7-4-2-3-5-8(7)18-11/h2-5H,6H2,1H3,(H,14,15). The molecular weight excluding hydrogens is 258 g/mol. The summed E-state index contributed by atoms with van der Waals surface area (Å²) in [5.41, 5.74) is 0.769. The second kappa shape index (κ2) is 5.10. The van der Waals surface area contributed by atoms with Crippen LogP contribution in [0.2, 0.25) is 0 Å². The Morgan fingerprint density at radius 2 is 2.11 bits per heavy atom. The maximum absolute atomic E-state index is 11.6. The number of hydrogen-bond donors (Lipinski definition) is 1. The van der Waals surface area contributed by atoms with E-state index in [0.29, 0.717) is 11.0 Å². The summed E-state index contributed by atoms with van der Waals surface area (Å²) in [6.07, 6.45) is 0. The van der Waals surface area contributed by atoms with Crippen LogP contribution >= 0.6 is 11.6 Å². The largest absolute Gasteiger partial charge is 0.463 e. The quantitative estimate of drug-likeness (QED) is 0.685. The molecule has 1 heterocycles. The van der Waals surface area contributed by atoms with E-state index in [1.807, 2.05) is 0 Å². The maximum Gasteiger partial charge on any atom is 0.376 e. The van der Waals surface area contributed by atoms with Gasteiger partial charge in [0.05, 0.1) is 7.11 Å². The Kier molecular flexibility index (Phi) is 3.53. The molecule has 0 saturated carbocycles. The smallest absolute Gasteiger partial charge is 0.376 e. The van der Waals surface area contributed by atoms with E-state index in [4.69, 9.17) is 16.0 Å². The topological polar surface area (TPSA) is 68.5 Å². The molecule has 0 saturated heterocycles. The predicted octanol–water partition coefficient (Wildman–Crippen LogP) is 2.40. The third-order valence-corrected chi connectivity index (χ3v) is 2.59. The van der Waals surface area contributed by atoms with Gasteiger partial charge in [0.15, 0.2) is 0 Å². The number of carbonyl (C=O) groups is 2. The second-order valence-electron chi connectivity index (χ2n) is 3.48. The first kappa shape index (κ1) is 12.4. The number of benzene rings is 1. The van der Waals surface area contributed by atoms with Crippen molar-refractivity contribution in [1.29, 1.82) is 0 Å². The van der Waals surface area contributed by atoms with Gasteiger partial charge in [-0.2, -0.15) is 0 Å². The predicted molar refractivity (Wildman–Crippen MR) is 66.9 cm³/mol. The molecule has 1 aromatic carbocycles. The fourth-order valence-corrected chi connectivity index (χ4v) is 1.65. The monoisotopic (exact) mass is 267 g/mol. The highest BCUT2D eigenvalue weighted by atomic mass is 35.5. The van der Waals surface area contributed by atoms with Crippen molar-refractivity contribution in [2.75, 3.05) is 18.3 Å². The van der Waals surface area contributed by atoms with Gasteiger partial charge in [-0.1, -0.05) is 12.1 Å². The summed E-state index contributed by atoms with van der Waals surface area (Å²) in [6.45, 7) is 0. The lowest BCUT2D eigenvalue weighted by Gasteiger charge is -2.02. The molecule has 5 nitrogen and oxygen atoms in total. The van der Waals surface area contributed by atoms with Crippen LogP contribution in [0.25, 0.3) is 11.0 Å². The molecule has 94 valence electrons. The molecule has 2 rings (SSSR count). The van der Waals surface area contributed by atoms with Crippen LogP contribution in [0.3, 0.4) is 0 Å². The average molecular weight is 268 g/mol. The second-order valence-corrected chi connectivity index (χ2v) is 3.74. The molecule has 0 aliphatic carbocycles. The Morgan fingerprint density at radius 3 is 2.78 bits per heavy atom. The Morgan fingerprint density at radius 1 is 1.39 bits per heavy atom. The van der Waals surface area contributed by atoms with Crippen molar-refractivity contribution in [2.45, 2.75) is 0 Å². The SMILES string of the molecule is COC(=O)c1oc2ccccc2c1NC(=O)CCl. The Hall–Kier alpha value is -2.01. The molecule has 0 radical (unpaired) electrons. The molecule has 18 heavy (non-hydrogen) atoms. The number of alkyl halides is 1. The van der Waals surface area contributed by atoms with Gasteiger partial charge in [-0.15, -0.1) is 11.6 Å². The van der Waals surface area contributed by atoms with Crippen LogP contribution in [0.1, 0.15) is 10.6 Å². The normalized spacial score (nSPS) is 10.3. The highest BCUT2D eigenvalue weighted by Gasteiger charge is 2.22. The van der Waals surface area contributed by atoms with Gasteiger partial charge >= 0.3 is 5.97 Å². The van der Waals surface area contributed by atoms with Crippen molar-refractivity contribution in [1.82, 2.24) is 0 Å². The van der Waals surface area contributed by atoms with Crippen LogP contribution in [0, 0.1) is 0 Å². The molecule has 1 N–H and O–H groups in total. The minimum absolute atomic E-state index is 0.0443. The number of fused-ring (bicyclic) bond motifs is 1. The third-order valence-electron chi connectivity index (χ3n) is 2.35. The molecule has 0 aliphatic rings. The summed E-state index contributed by atoms with van der Waals surface area (Å²) >= 11 is 5.43. The zero-order valence-electron chi connectivity index (χ0n) is 9.53. The van der Waals surface area contributed by atoms with Crippen LogP contribution in [0.15, 0.2) is 28.7 Å². The van der Waals surface area contributed by atoms with Crippen molar-refractivity contribution >= 4 is 40.1 Å². The number of halogens is 1. The number of anilines is 1. The number of para-hydroxylation sites is 1. The summed E-state index contributed by atoms with van der Waals surface area (Å²) in [7, 11) is 1.24. The van der Waals surface area contributed by atoms with Crippen molar-refractivity contribution in [2.24, 2.45) is 0 Å². The van der Waals surface area contributed by atoms with Crippen molar-refractivity contribution in [3.8, 4) is 0 Å². The summed E-state index contributed by atoms with van der Waals surface area (Å²) in [5, 5.41) is 3.15. The summed E-state index contributed by atoms with van der Waals surface area (Å²) in [4.78, 5) is 22.9.